The van der Waals surface area contributed by atoms with Gasteiger partial charge in [-0.3, -0.25) is 4.79 Å². The Hall–Kier alpha value is -2.16. The first-order valence-corrected chi connectivity index (χ1v) is 7.54. The largest absolute Gasteiger partial charge is 0.684 e. The Bertz CT molecular complexity index is 647. The van der Waals surface area contributed by atoms with Crippen LogP contribution in [-0.2, 0) is 26.6 Å². The van der Waals surface area contributed by atoms with Crippen molar-refractivity contribution in [3.63, 3.8) is 0 Å². The van der Waals surface area contributed by atoms with E-state index in [4.69, 9.17) is 4.74 Å². The predicted molar refractivity (Wildman–Crippen MR) is 93.5 cm³/mol. The Morgan fingerprint density at radius 2 is 1.75 bits per heavy atom. The molecule has 3 nitrogen and oxygen atoms in total. The van der Waals surface area contributed by atoms with Crippen molar-refractivity contribution in [3.05, 3.63) is 77.9 Å². The molecule has 2 aromatic carbocycles. The van der Waals surface area contributed by atoms with Crippen LogP contribution < -0.4 is 0 Å². The molecule has 0 aromatic heterocycles. The van der Waals surface area contributed by atoms with E-state index in [0.29, 0.717) is 6.61 Å². The van der Waals surface area contributed by atoms with Gasteiger partial charge in [-0.2, -0.15) is 19.1 Å². The third-order valence-electron chi connectivity index (χ3n) is 3.00. The van der Waals surface area contributed by atoms with Gasteiger partial charge >= 0.3 is 0 Å². The van der Waals surface area contributed by atoms with Crippen LogP contribution in [0, 0.1) is 0 Å². The first-order chi connectivity index (χ1) is 11.1. The number of allylic oxidation sites excluding steroid dienone is 3. The van der Waals surface area contributed by atoms with Crippen molar-refractivity contribution in [2.24, 2.45) is 0 Å². The van der Waals surface area contributed by atoms with Crippen LogP contribution in [-0.4, -0.2) is 18.4 Å². The molecule has 24 heavy (non-hydrogen) atoms. The van der Waals surface area contributed by atoms with Gasteiger partial charge in [0.15, 0.2) is 5.97 Å². The molecule has 0 saturated carbocycles. The number of esters is 1. The molecule has 2 rings (SSSR count). The minimum Gasteiger partial charge on any atom is -0.684 e. The van der Waals surface area contributed by atoms with Gasteiger partial charge in [-0.25, -0.2) is 0 Å². The van der Waals surface area contributed by atoms with Gasteiger partial charge in [-0.1, -0.05) is 18.6 Å². The van der Waals surface area contributed by atoms with Crippen LogP contribution in [0.5, 0.6) is 0 Å². The molecular formula is C20H22FeO3-6. The van der Waals surface area contributed by atoms with E-state index in [-0.39, 0.29) is 28.8 Å². The molecule has 0 aliphatic rings. The Morgan fingerprint density at radius 1 is 1.17 bits per heavy atom. The fourth-order valence-corrected chi connectivity index (χ4v) is 1.87. The maximum atomic E-state index is 11.1. The molecule has 0 aliphatic heterocycles. The molecule has 0 saturated heterocycles. The molecule has 0 amide bonds. The Morgan fingerprint density at radius 3 is 2.25 bits per heavy atom. The quantitative estimate of drug-likeness (QED) is 0.257. The smallest absolute Gasteiger partial charge is 0.183 e. The van der Waals surface area contributed by atoms with E-state index in [1.54, 1.807) is 19.1 Å². The Labute approximate surface area is 154 Å². The van der Waals surface area contributed by atoms with Gasteiger partial charge in [0.25, 0.3) is 0 Å². The summed E-state index contributed by atoms with van der Waals surface area (Å²) in [7, 11) is 0. The fourth-order valence-electron chi connectivity index (χ4n) is 1.87. The predicted octanol–water partition coefficient (Wildman–Crippen LogP) is 4.53. The van der Waals surface area contributed by atoms with Gasteiger partial charge in [-0.05, 0) is 6.92 Å². The maximum Gasteiger partial charge on any atom is 0.183 e. The maximum absolute atomic E-state index is 11.1. The van der Waals surface area contributed by atoms with Crippen LogP contribution in [0.25, 0.3) is 5.57 Å². The molecule has 4 heteroatoms. The third kappa shape index (κ3) is 7.91. The van der Waals surface area contributed by atoms with Gasteiger partial charge in [0.05, 0.1) is 6.61 Å². The molecular weight excluding hydrogens is 344 g/mol. The van der Waals surface area contributed by atoms with Gasteiger partial charge in [0.2, 0.25) is 0 Å². The zero-order valence-corrected chi connectivity index (χ0v) is 15.2. The van der Waals surface area contributed by atoms with E-state index in [9.17, 15) is 9.59 Å². The van der Waals surface area contributed by atoms with E-state index in [1.807, 2.05) is 62.4 Å². The molecule has 134 valence electrons. The average molecular weight is 366 g/mol. The van der Waals surface area contributed by atoms with Crippen molar-refractivity contribution in [1.82, 2.24) is 0 Å². The summed E-state index contributed by atoms with van der Waals surface area (Å²) in [5.74, 6) is -0.200. The second-order valence-electron chi connectivity index (χ2n) is 4.79. The number of hydrogen-bond acceptors (Lipinski definition) is 3. The van der Waals surface area contributed by atoms with Crippen molar-refractivity contribution in [2.45, 2.75) is 20.8 Å². The second-order valence-corrected chi connectivity index (χ2v) is 4.79. The van der Waals surface area contributed by atoms with E-state index in [0.717, 1.165) is 16.7 Å². The summed E-state index contributed by atoms with van der Waals surface area (Å²) in [4.78, 5) is 22.1. The summed E-state index contributed by atoms with van der Waals surface area (Å²) < 4.78 is 4.80. The number of ketones is 1. The van der Waals surface area contributed by atoms with Crippen LogP contribution in [0.4, 0.5) is 0 Å². The number of carbonyl (C=O) groups excluding carboxylic acids is 2. The molecule has 0 bridgehead atoms. The summed E-state index contributed by atoms with van der Waals surface area (Å²) in [6, 6.07) is 15.1. The Balaban J connectivity index is 0.000000436. The minimum absolute atomic E-state index is 0. The molecule has 0 spiro atoms. The molecule has 0 radical (unpaired) electrons. The zero-order valence-electron chi connectivity index (χ0n) is 14.1. The molecule has 0 unspecified atom stereocenters. The number of hydrogen-bond donors (Lipinski definition) is 0. The zero-order chi connectivity index (χ0) is 17.1. The number of ether oxygens (including phenoxy) is 1. The van der Waals surface area contributed by atoms with Gasteiger partial charge in [0, 0.05) is 17.1 Å². The van der Waals surface area contributed by atoms with Crippen LogP contribution in [0.2, 0.25) is 0 Å². The van der Waals surface area contributed by atoms with Crippen LogP contribution in [0.1, 0.15) is 36.7 Å². The SMILES string of the molecule is CC=CC(=O)[c-]1cccc1.CCOC(=O)C=C(C)[c-]1[cH-][cH-][cH-][cH-]1.[Fe]. The summed E-state index contributed by atoms with van der Waals surface area (Å²) in [6.07, 6.45) is 4.82. The first-order valence-electron chi connectivity index (χ1n) is 7.54. The van der Waals surface area contributed by atoms with Crippen LogP contribution in [0.15, 0.2) is 66.8 Å². The van der Waals surface area contributed by atoms with Gasteiger partial charge in [0.1, 0.15) is 5.78 Å². The number of carbonyl (C=O) groups is 2. The molecule has 0 atom stereocenters. The topological polar surface area (TPSA) is 43.4 Å². The normalized spacial score (nSPS) is 10.5. The number of rotatable bonds is 5. The minimum atomic E-state index is -0.277. The molecule has 0 aliphatic carbocycles. The molecule has 0 N–H and O–H groups in total. The standard InChI is InChI=1S/C11H13O2.C9H9O.Fe/c1-3-13-11(12)8-9(2)10-6-4-5-7-10;1-2-5-9(10)8-6-3-4-7-8;/h4-8H,3H2,1-2H3;2-7H,1H3;/q-5;-1;. The van der Waals surface area contributed by atoms with Crippen LogP contribution >= 0.6 is 0 Å². The Kier molecular flexibility index (Phi) is 11.2. The van der Waals surface area contributed by atoms with E-state index >= 15 is 0 Å². The van der Waals surface area contributed by atoms with Crippen molar-refractivity contribution >= 4 is 17.3 Å². The van der Waals surface area contributed by atoms with Crippen molar-refractivity contribution in [3.8, 4) is 0 Å². The summed E-state index contributed by atoms with van der Waals surface area (Å²) >= 11 is 0. The molecule has 0 fully saturated rings. The molecule has 2 aromatic rings. The van der Waals surface area contributed by atoms with E-state index in [2.05, 4.69) is 0 Å². The summed E-state index contributed by atoms with van der Waals surface area (Å²) in [6.45, 7) is 5.94. The van der Waals surface area contributed by atoms with Gasteiger partial charge in [-0.15, -0.1) is 18.2 Å². The monoisotopic (exact) mass is 366 g/mol. The van der Waals surface area contributed by atoms with Crippen LogP contribution in [0.3, 0.4) is 0 Å². The first kappa shape index (κ1) is 21.8. The second kappa shape index (κ2) is 12.3. The third-order valence-corrected chi connectivity index (χ3v) is 3.00. The fraction of sp³-hybridized carbons (Fsp3) is 0.200. The molecule has 0 heterocycles. The van der Waals surface area contributed by atoms with Crippen molar-refractivity contribution < 1.29 is 31.4 Å². The van der Waals surface area contributed by atoms with Gasteiger partial charge < -0.3 is 51.0 Å². The van der Waals surface area contributed by atoms with E-state index in [1.165, 1.54) is 6.08 Å². The van der Waals surface area contributed by atoms with E-state index < -0.39 is 0 Å². The summed E-state index contributed by atoms with van der Waals surface area (Å²) in [5.41, 5.74) is 2.76. The summed E-state index contributed by atoms with van der Waals surface area (Å²) in [5, 5.41) is 0. The van der Waals surface area contributed by atoms with Crippen molar-refractivity contribution in [2.75, 3.05) is 6.61 Å². The average Bonchev–Trinajstić information content (AvgIpc) is 3.22. The van der Waals surface area contributed by atoms with Crippen molar-refractivity contribution in [1.29, 1.82) is 0 Å².